The highest BCUT2D eigenvalue weighted by atomic mass is 16.4. The molecule has 0 bridgehead atoms. The number of nitrogens with one attached hydrogen (secondary N) is 1. The zero-order valence-electron chi connectivity index (χ0n) is 8.16. The molecule has 1 aromatic carbocycles. The number of benzene rings is 1. The molecule has 0 saturated carbocycles. The number of aromatic nitrogens is 1. The van der Waals surface area contributed by atoms with E-state index in [-0.39, 0.29) is 6.42 Å². The lowest BCUT2D eigenvalue weighted by molar-refractivity contribution is -0.136. The highest BCUT2D eigenvalue weighted by Gasteiger charge is 2.09. The van der Waals surface area contributed by atoms with Gasteiger partial charge in [0.1, 0.15) is 5.82 Å². The molecule has 4 N–H and O–H groups in total. The maximum absolute atomic E-state index is 10.5. The van der Waals surface area contributed by atoms with Crippen LogP contribution in [0.15, 0.2) is 24.3 Å². The Morgan fingerprint density at radius 3 is 2.87 bits per heavy atom. The number of nitrogens with two attached hydrogens (primary N) is 1. The molecule has 0 saturated heterocycles. The Bertz CT molecular complexity index is 502. The van der Waals surface area contributed by atoms with Gasteiger partial charge in [-0.1, -0.05) is 18.2 Å². The summed E-state index contributed by atoms with van der Waals surface area (Å²) in [4.78, 5) is 13.5. The van der Waals surface area contributed by atoms with E-state index < -0.39 is 5.97 Å². The largest absolute Gasteiger partial charge is 0.481 e. The first kappa shape index (κ1) is 9.58. The highest BCUT2D eigenvalue weighted by molar-refractivity contribution is 5.88. The molecule has 4 heteroatoms. The van der Waals surface area contributed by atoms with Gasteiger partial charge < -0.3 is 15.8 Å². The van der Waals surface area contributed by atoms with Gasteiger partial charge in [-0.25, -0.2) is 0 Å². The summed E-state index contributed by atoms with van der Waals surface area (Å²) in [5.74, 6) is -0.239. The van der Waals surface area contributed by atoms with E-state index >= 15 is 0 Å². The van der Waals surface area contributed by atoms with Gasteiger partial charge in [0.2, 0.25) is 0 Å². The molecular formula is C11H12N2O2. The second-order valence-corrected chi connectivity index (χ2v) is 3.46. The molecule has 15 heavy (non-hydrogen) atoms. The van der Waals surface area contributed by atoms with Gasteiger partial charge in [0.25, 0.3) is 0 Å². The van der Waals surface area contributed by atoms with Gasteiger partial charge in [-0.15, -0.1) is 0 Å². The third-order valence-electron chi connectivity index (χ3n) is 2.44. The molecule has 0 unspecified atom stereocenters. The number of carbonyl (C=O) groups is 1. The number of carboxylic acids is 1. The van der Waals surface area contributed by atoms with Gasteiger partial charge in [0.15, 0.2) is 0 Å². The van der Waals surface area contributed by atoms with Gasteiger partial charge in [-0.05, 0) is 12.5 Å². The van der Waals surface area contributed by atoms with Crippen LogP contribution >= 0.6 is 0 Å². The van der Waals surface area contributed by atoms with E-state index in [0.29, 0.717) is 12.2 Å². The lowest BCUT2D eigenvalue weighted by atomic mass is 10.1. The number of aromatic amines is 1. The summed E-state index contributed by atoms with van der Waals surface area (Å²) in [6.45, 7) is 0. The number of para-hydroxylation sites is 1. The predicted octanol–water partition coefficient (Wildman–Crippen LogP) is 1.77. The van der Waals surface area contributed by atoms with E-state index in [2.05, 4.69) is 4.98 Å². The fraction of sp³-hybridized carbons (Fsp3) is 0.182. The van der Waals surface area contributed by atoms with Gasteiger partial charge >= 0.3 is 5.97 Å². The second kappa shape index (κ2) is 3.65. The Labute approximate surface area is 86.7 Å². The van der Waals surface area contributed by atoms with Crippen molar-refractivity contribution in [3.05, 3.63) is 29.8 Å². The summed E-state index contributed by atoms with van der Waals surface area (Å²) >= 11 is 0. The summed E-state index contributed by atoms with van der Waals surface area (Å²) in [6.07, 6.45) is 0.567. The van der Waals surface area contributed by atoms with E-state index in [0.717, 1.165) is 16.5 Å². The Kier molecular flexibility index (Phi) is 2.33. The van der Waals surface area contributed by atoms with E-state index in [1.165, 1.54) is 0 Å². The fourth-order valence-electron chi connectivity index (χ4n) is 1.72. The van der Waals surface area contributed by atoms with Crippen LogP contribution in [-0.2, 0) is 11.2 Å². The van der Waals surface area contributed by atoms with Crippen LogP contribution in [-0.4, -0.2) is 16.1 Å². The molecule has 0 aliphatic heterocycles. The van der Waals surface area contributed by atoms with Gasteiger partial charge in [0, 0.05) is 22.9 Å². The minimum Gasteiger partial charge on any atom is -0.481 e. The number of rotatable bonds is 3. The molecule has 1 heterocycles. The average molecular weight is 204 g/mol. The predicted molar refractivity (Wildman–Crippen MR) is 58.7 cm³/mol. The van der Waals surface area contributed by atoms with Crippen LogP contribution in [0, 0.1) is 0 Å². The molecule has 4 nitrogen and oxygen atoms in total. The normalized spacial score (nSPS) is 10.7. The molecule has 2 rings (SSSR count). The second-order valence-electron chi connectivity index (χ2n) is 3.46. The Morgan fingerprint density at radius 1 is 1.40 bits per heavy atom. The van der Waals surface area contributed by atoms with Crippen LogP contribution in [0.1, 0.15) is 12.0 Å². The van der Waals surface area contributed by atoms with Crippen molar-refractivity contribution in [2.24, 2.45) is 0 Å². The Morgan fingerprint density at radius 2 is 2.13 bits per heavy atom. The third-order valence-corrected chi connectivity index (χ3v) is 2.44. The van der Waals surface area contributed by atoms with Gasteiger partial charge in [-0.2, -0.15) is 0 Å². The van der Waals surface area contributed by atoms with Crippen LogP contribution in [0.5, 0.6) is 0 Å². The number of aliphatic carboxylic acids is 1. The van der Waals surface area contributed by atoms with E-state index in [4.69, 9.17) is 10.8 Å². The summed E-state index contributed by atoms with van der Waals surface area (Å²) in [6, 6.07) is 7.70. The molecule has 78 valence electrons. The van der Waals surface area contributed by atoms with Crippen LogP contribution in [0.4, 0.5) is 5.82 Å². The highest BCUT2D eigenvalue weighted by Crippen LogP contribution is 2.24. The molecule has 0 radical (unpaired) electrons. The van der Waals surface area contributed by atoms with Crippen molar-refractivity contribution in [1.82, 2.24) is 4.98 Å². The monoisotopic (exact) mass is 204 g/mol. The molecule has 2 aromatic rings. The first-order chi connectivity index (χ1) is 7.18. The van der Waals surface area contributed by atoms with Crippen molar-refractivity contribution in [3.8, 4) is 0 Å². The van der Waals surface area contributed by atoms with Crippen molar-refractivity contribution >= 4 is 22.7 Å². The number of fused-ring (bicyclic) bond motifs is 1. The van der Waals surface area contributed by atoms with E-state index in [1.54, 1.807) is 0 Å². The fourth-order valence-corrected chi connectivity index (χ4v) is 1.72. The van der Waals surface area contributed by atoms with Crippen LogP contribution in [0.25, 0.3) is 10.9 Å². The van der Waals surface area contributed by atoms with Crippen molar-refractivity contribution in [2.45, 2.75) is 12.8 Å². The van der Waals surface area contributed by atoms with E-state index in [9.17, 15) is 4.79 Å². The number of carboxylic acid groups (broad SMARTS) is 1. The zero-order chi connectivity index (χ0) is 10.8. The summed E-state index contributed by atoms with van der Waals surface area (Å²) in [7, 11) is 0. The molecule has 0 spiro atoms. The third kappa shape index (κ3) is 1.79. The van der Waals surface area contributed by atoms with Gasteiger partial charge in [0.05, 0.1) is 0 Å². The lowest BCUT2D eigenvalue weighted by Crippen LogP contribution is -1.99. The van der Waals surface area contributed by atoms with Gasteiger partial charge in [-0.3, -0.25) is 4.79 Å². The topological polar surface area (TPSA) is 79.1 Å². The van der Waals surface area contributed by atoms with Crippen molar-refractivity contribution in [2.75, 3.05) is 5.73 Å². The lowest BCUT2D eigenvalue weighted by Gasteiger charge is -1.97. The quantitative estimate of drug-likeness (QED) is 0.712. The molecular weight excluding hydrogens is 192 g/mol. The van der Waals surface area contributed by atoms with E-state index in [1.807, 2.05) is 24.3 Å². The SMILES string of the molecule is Nc1[nH]c2ccccc2c1CCC(=O)O. The number of hydrogen-bond donors (Lipinski definition) is 3. The van der Waals surface area contributed by atoms with Crippen molar-refractivity contribution < 1.29 is 9.90 Å². The average Bonchev–Trinajstić information content (AvgIpc) is 2.50. The molecule has 0 atom stereocenters. The number of aryl methyl sites for hydroxylation is 1. The van der Waals surface area contributed by atoms with Crippen LogP contribution in [0.3, 0.4) is 0 Å². The molecule has 0 amide bonds. The summed E-state index contributed by atoms with van der Waals surface area (Å²) < 4.78 is 0. The molecule has 1 aromatic heterocycles. The summed E-state index contributed by atoms with van der Waals surface area (Å²) in [5.41, 5.74) is 7.64. The standard InChI is InChI=1S/C11H12N2O2/c12-11-8(5-6-10(14)15)7-3-1-2-4-9(7)13-11/h1-4,13H,5-6,12H2,(H,14,15). The van der Waals surface area contributed by atoms with Crippen molar-refractivity contribution in [3.63, 3.8) is 0 Å². The maximum Gasteiger partial charge on any atom is 0.303 e. The number of anilines is 1. The summed E-state index contributed by atoms with van der Waals surface area (Å²) in [5, 5.41) is 9.63. The van der Waals surface area contributed by atoms with Crippen LogP contribution in [0.2, 0.25) is 0 Å². The number of hydrogen-bond acceptors (Lipinski definition) is 2. The molecule has 0 fully saturated rings. The minimum absolute atomic E-state index is 0.103. The number of H-pyrrole nitrogens is 1. The minimum atomic E-state index is -0.806. The van der Waals surface area contributed by atoms with Crippen LogP contribution < -0.4 is 5.73 Å². The molecule has 0 aliphatic carbocycles. The Hall–Kier alpha value is -1.97. The first-order valence-corrected chi connectivity index (χ1v) is 4.75. The number of nitrogen functional groups attached to an aromatic ring is 1. The molecule has 0 aliphatic rings. The first-order valence-electron chi connectivity index (χ1n) is 4.75. The Balaban J connectivity index is 2.40. The maximum atomic E-state index is 10.5. The van der Waals surface area contributed by atoms with Crippen molar-refractivity contribution in [1.29, 1.82) is 0 Å². The smallest absolute Gasteiger partial charge is 0.303 e. The zero-order valence-corrected chi connectivity index (χ0v) is 8.16.